The standard InChI is InChI=1S/C15H24N2S/c1-3-16-10-15(7-12-4-5-13(15)6-12)8-14-17-11(2)9-18-14/h9,12-13,16H,3-8,10H2,1-2H3. The van der Waals surface area contributed by atoms with Crippen LogP contribution in [-0.2, 0) is 6.42 Å². The Morgan fingerprint density at radius 2 is 2.39 bits per heavy atom. The Morgan fingerprint density at radius 1 is 1.50 bits per heavy atom. The van der Waals surface area contributed by atoms with Crippen molar-refractivity contribution >= 4 is 11.3 Å². The minimum absolute atomic E-state index is 0.517. The van der Waals surface area contributed by atoms with Crippen molar-refractivity contribution in [2.75, 3.05) is 13.1 Å². The summed E-state index contributed by atoms with van der Waals surface area (Å²) >= 11 is 1.86. The van der Waals surface area contributed by atoms with Gasteiger partial charge >= 0.3 is 0 Å². The van der Waals surface area contributed by atoms with Gasteiger partial charge in [-0.25, -0.2) is 4.98 Å². The van der Waals surface area contributed by atoms with Crippen molar-refractivity contribution in [3.8, 4) is 0 Å². The van der Waals surface area contributed by atoms with Gasteiger partial charge in [-0.3, -0.25) is 0 Å². The van der Waals surface area contributed by atoms with Gasteiger partial charge in [-0.2, -0.15) is 0 Å². The average molecular weight is 264 g/mol. The molecule has 1 aromatic rings. The van der Waals surface area contributed by atoms with Crippen LogP contribution >= 0.6 is 11.3 Å². The van der Waals surface area contributed by atoms with Crippen LogP contribution in [0.25, 0.3) is 0 Å². The Hall–Kier alpha value is -0.410. The number of nitrogens with one attached hydrogen (secondary N) is 1. The van der Waals surface area contributed by atoms with Crippen molar-refractivity contribution < 1.29 is 0 Å². The number of fused-ring (bicyclic) bond motifs is 2. The summed E-state index contributed by atoms with van der Waals surface area (Å²) in [7, 11) is 0. The molecule has 0 radical (unpaired) electrons. The molecule has 2 fully saturated rings. The van der Waals surface area contributed by atoms with E-state index < -0.39 is 0 Å². The average Bonchev–Trinajstić information content (AvgIpc) is 3.03. The molecule has 2 aliphatic rings. The fraction of sp³-hybridized carbons (Fsp3) is 0.800. The van der Waals surface area contributed by atoms with Crippen LogP contribution in [-0.4, -0.2) is 18.1 Å². The van der Waals surface area contributed by atoms with E-state index in [2.05, 4.69) is 24.5 Å². The smallest absolute Gasteiger partial charge is 0.0934 e. The second kappa shape index (κ2) is 4.93. The normalized spacial score (nSPS) is 34.3. The van der Waals surface area contributed by atoms with Gasteiger partial charge in [-0.05, 0) is 50.0 Å². The lowest BCUT2D eigenvalue weighted by Gasteiger charge is -2.37. The maximum Gasteiger partial charge on any atom is 0.0934 e. The molecular weight excluding hydrogens is 240 g/mol. The molecule has 0 aromatic carbocycles. The highest BCUT2D eigenvalue weighted by atomic mass is 32.1. The van der Waals surface area contributed by atoms with Gasteiger partial charge in [0.2, 0.25) is 0 Å². The largest absolute Gasteiger partial charge is 0.316 e. The fourth-order valence-corrected chi connectivity index (χ4v) is 5.14. The van der Waals surface area contributed by atoms with Gasteiger partial charge in [-0.1, -0.05) is 13.3 Å². The van der Waals surface area contributed by atoms with Crippen LogP contribution in [0.2, 0.25) is 0 Å². The van der Waals surface area contributed by atoms with Crippen molar-refractivity contribution in [3.63, 3.8) is 0 Å². The van der Waals surface area contributed by atoms with Gasteiger partial charge < -0.3 is 5.32 Å². The van der Waals surface area contributed by atoms with Crippen LogP contribution in [0.5, 0.6) is 0 Å². The zero-order chi connectivity index (χ0) is 12.6. The lowest BCUT2D eigenvalue weighted by atomic mass is 9.71. The maximum atomic E-state index is 4.70. The second-order valence-corrected chi connectivity index (χ2v) is 7.22. The van der Waals surface area contributed by atoms with E-state index in [0.29, 0.717) is 5.41 Å². The summed E-state index contributed by atoms with van der Waals surface area (Å²) in [6, 6.07) is 0. The SMILES string of the molecule is CCNCC1(Cc2nc(C)cs2)CC2CCC1C2. The van der Waals surface area contributed by atoms with Gasteiger partial charge in [0.1, 0.15) is 0 Å². The first-order valence-corrected chi connectivity index (χ1v) is 8.21. The first-order chi connectivity index (χ1) is 8.72. The Bertz CT molecular complexity index is 414. The topological polar surface area (TPSA) is 24.9 Å². The Balaban J connectivity index is 1.77. The lowest BCUT2D eigenvalue weighted by molar-refractivity contribution is 0.157. The summed E-state index contributed by atoms with van der Waals surface area (Å²) in [4.78, 5) is 4.70. The molecular formula is C15H24N2S. The van der Waals surface area contributed by atoms with Crippen molar-refractivity contribution in [2.24, 2.45) is 17.3 Å². The van der Waals surface area contributed by atoms with E-state index in [4.69, 9.17) is 4.98 Å². The van der Waals surface area contributed by atoms with E-state index in [0.717, 1.165) is 18.4 Å². The number of nitrogens with zero attached hydrogens (tertiary/aromatic N) is 1. The van der Waals surface area contributed by atoms with E-state index in [1.54, 1.807) is 0 Å². The minimum atomic E-state index is 0.517. The zero-order valence-electron chi connectivity index (χ0n) is 11.5. The van der Waals surface area contributed by atoms with Gasteiger partial charge in [-0.15, -0.1) is 11.3 Å². The van der Waals surface area contributed by atoms with Crippen LogP contribution < -0.4 is 5.32 Å². The molecule has 3 atom stereocenters. The van der Waals surface area contributed by atoms with Gasteiger partial charge in [0, 0.05) is 24.0 Å². The number of hydrogen-bond donors (Lipinski definition) is 1. The summed E-state index contributed by atoms with van der Waals surface area (Å²) in [5.74, 6) is 1.96. The molecule has 18 heavy (non-hydrogen) atoms. The summed E-state index contributed by atoms with van der Waals surface area (Å²) in [6.07, 6.45) is 7.06. The first kappa shape index (κ1) is 12.6. The molecule has 0 saturated heterocycles. The molecule has 1 aromatic heterocycles. The predicted molar refractivity (Wildman–Crippen MR) is 77.0 cm³/mol. The van der Waals surface area contributed by atoms with Gasteiger partial charge in [0.25, 0.3) is 0 Å². The Morgan fingerprint density at radius 3 is 2.94 bits per heavy atom. The van der Waals surface area contributed by atoms with E-state index in [1.165, 1.54) is 49.4 Å². The van der Waals surface area contributed by atoms with E-state index in [9.17, 15) is 0 Å². The Kier molecular flexibility index (Phi) is 3.46. The van der Waals surface area contributed by atoms with Gasteiger partial charge in [0.05, 0.1) is 5.01 Å². The van der Waals surface area contributed by atoms with Gasteiger partial charge in [0.15, 0.2) is 0 Å². The summed E-state index contributed by atoms with van der Waals surface area (Å²) < 4.78 is 0. The highest BCUT2D eigenvalue weighted by Crippen LogP contribution is 2.57. The first-order valence-electron chi connectivity index (χ1n) is 7.33. The number of thiazole rings is 1. The molecule has 0 amide bonds. The van der Waals surface area contributed by atoms with Crippen LogP contribution in [0.15, 0.2) is 5.38 Å². The number of aryl methyl sites for hydroxylation is 1. The number of rotatable bonds is 5. The monoisotopic (exact) mass is 264 g/mol. The number of hydrogen-bond acceptors (Lipinski definition) is 3. The van der Waals surface area contributed by atoms with Crippen LogP contribution in [0.1, 0.15) is 43.3 Å². The molecule has 3 heteroatoms. The molecule has 2 aliphatic carbocycles. The third-order valence-electron chi connectivity index (χ3n) is 5.00. The van der Waals surface area contributed by atoms with Crippen molar-refractivity contribution in [2.45, 2.75) is 46.0 Å². The van der Waals surface area contributed by atoms with E-state index in [-0.39, 0.29) is 0 Å². The van der Waals surface area contributed by atoms with E-state index in [1.807, 2.05) is 11.3 Å². The molecule has 2 bridgehead atoms. The third-order valence-corrected chi connectivity index (χ3v) is 5.97. The van der Waals surface area contributed by atoms with Crippen molar-refractivity contribution in [1.29, 1.82) is 0 Å². The molecule has 3 rings (SSSR count). The molecule has 0 aliphatic heterocycles. The molecule has 1 heterocycles. The Labute approximate surface area is 114 Å². The molecule has 0 spiro atoms. The molecule has 2 nitrogen and oxygen atoms in total. The quantitative estimate of drug-likeness (QED) is 0.881. The molecule has 1 N–H and O–H groups in total. The second-order valence-electron chi connectivity index (χ2n) is 6.28. The highest BCUT2D eigenvalue weighted by molar-refractivity contribution is 7.09. The minimum Gasteiger partial charge on any atom is -0.316 e. The zero-order valence-corrected chi connectivity index (χ0v) is 12.4. The van der Waals surface area contributed by atoms with Crippen LogP contribution in [0.4, 0.5) is 0 Å². The van der Waals surface area contributed by atoms with E-state index >= 15 is 0 Å². The summed E-state index contributed by atoms with van der Waals surface area (Å²) in [5, 5.41) is 7.18. The maximum absolute atomic E-state index is 4.70. The molecule has 3 unspecified atom stereocenters. The molecule has 2 saturated carbocycles. The van der Waals surface area contributed by atoms with Crippen LogP contribution in [0, 0.1) is 24.2 Å². The third kappa shape index (κ3) is 2.23. The van der Waals surface area contributed by atoms with Crippen molar-refractivity contribution in [1.82, 2.24) is 10.3 Å². The fourth-order valence-electron chi connectivity index (χ4n) is 4.21. The van der Waals surface area contributed by atoms with Crippen molar-refractivity contribution in [3.05, 3.63) is 16.1 Å². The number of aromatic nitrogens is 1. The van der Waals surface area contributed by atoms with Crippen LogP contribution in [0.3, 0.4) is 0 Å². The highest BCUT2D eigenvalue weighted by Gasteiger charge is 2.50. The molecule has 100 valence electrons. The lowest BCUT2D eigenvalue weighted by Crippen LogP contribution is -2.40. The summed E-state index contributed by atoms with van der Waals surface area (Å²) in [5.41, 5.74) is 1.71. The summed E-state index contributed by atoms with van der Waals surface area (Å²) in [6.45, 7) is 6.62. The predicted octanol–water partition coefficient (Wildman–Crippen LogP) is 3.41.